The van der Waals surface area contributed by atoms with Gasteiger partial charge < -0.3 is 10.6 Å². The van der Waals surface area contributed by atoms with Crippen LogP contribution >= 0.6 is 0 Å². The number of nitro benzene ring substituents is 3. The van der Waals surface area contributed by atoms with Gasteiger partial charge in [-0.05, 0) is 30.7 Å². The van der Waals surface area contributed by atoms with E-state index >= 15 is 0 Å². The number of nitrogens with one attached hydrogen (secondary N) is 2. The first-order valence-corrected chi connectivity index (χ1v) is 8.81. The second kappa shape index (κ2) is 8.77. The largest absolute Gasteiger partial charge is 0.383 e. The Hall–Kier alpha value is -4.35. The average Bonchev–Trinajstić information content (AvgIpc) is 2.73. The normalized spacial score (nSPS) is 10.5. The number of aromatic nitrogens is 1. The van der Waals surface area contributed by atoms with E-state index in [0.29, 0.717) is 36.1 Å². The summed E-state index contributed by atoms with van der Waals surface area (Å²) in [6.07, 6.45) is 2.10. The van der Waals surface area contributed by atoms with Crippen molar-refractivity contribution < 1.29 is 14.8 Å². The number of hydrogen-bond acceptors (Lipinski definition) is 9. The Morgan fingerprint density at radius 2 is 1.47 bits per heavy atom. The van der Waals surface area contributed by atoms with Gasteiger partial charge in [0.25, 0.3) is 17.1 Å². The highest BCUT2D eigenvalue weighted by Gasteiger charge is 2.19. The minimum Gasteiger partial charge on any atom is -0.383 e. The van der Waals surface area contributed by atoms with E-state index in [1.54, 1.807) is 24.4 Å². The number of rotatable bonds is 9. The molecule has 2 N–H and O–H groups in total. The molecule has 0 unspecified atom stereocenters. The van der Waals surface area contributed by atoms with Crippen LogP contribution in [0.1, 0.15) is 6.42 Å². The standard InChI is InChI=1S/C18H16N6O6/c25-22(26)12-4-5-14(17(11-12)24(29)30)19-9-2-10-20-15-6-7-16(23(27)28)13-3-1-8-21-18(13)15/h1,3-8,11,19-20H,2,9-10H2. The second-order valence-electron chi connectivity index (χ2n) is 6.21. The molecule has 0 saturated heterocycles. The van der Waals surface area contributed by atoms with Crippen LogP contribution in [0.15, 0.2) is 48.7 Å². The highest BCUT2D eigenvalue weighted by Crippen LogP contribution is 2.30. The van der Waals surface area contributed by atoms with Gasteiger partial charge in [-0.2, -0.15) is 0 Å². The van der Waals surface area contributed by atoms with Gasteiger partial charge in [-0.25, -0.2) is 0 Å². The molecule has 3 rings (SSSR count). The second-order valence-corrected chi connectivity index (χ2v) is 6.21. The summed E-state index contributed by atoms with van der Waals surface area (Å²) in [6, 6.07) is 9.66. The van der Waals surface area contributed by atoms with Gasteiger partial charge in [0.1, 0.15) is 11.2 Å². The van der Waals surface area contributed by atoms with Crippen molar-refractivity contribution in [1.29, 1.82) is 0 Å². The molecule has 0 bridgehead atoms. The Kier molecular flexibility index (Phi) is 5.96. The summed E-state index contributed by atoms with van der Waals surface area (Å²) in [5.41, 5.74) is 0.543. The van der Waals surface area contributed by atoms with Crippen LogP contribution in [0.2, 0.25) is 0 Å². The van der Waals surface area contributed by atoms with Crippen molar-refractivity contribution in [2.24, 2.45) is 0 Å². The molecule has 0 saturated carbocycles. The van der Waals surface area contributed by atoms with E-state index in [9.17, 15) is 30.3 Å². The number of benzene rings is 2. The minimum atomic E-state index is -0.691. The third-order valence-corrected chi connectivity index (χ3v) is 4.32. The number of hydrogen-bond donors (Lipinski definition) is 2. The van der Waals surface area contributed by atoms with Crippen LogP contribution in [-0.2, 0) is 0 Å². The molecule has 3 aromatic rings. The summed E-state index contributed by atoms with van der Waals surface area (Å²) in [5.74, 6) is 0. The van der Waals surface area contributed by atoms with Gasteiger partial charge in [0.05, 0.1) is 31.9 Å². The molecule has 154 valence electrons. The fraction of sp³-hybridized carbons (Fsp3) is 0.167. The lowest BCUT2D eigenvalue weighted by Crippen LogP contribution is -2.10. The van der Waals surface area contributed by atoms with E-state index < -0.39 is 14.8 Å². The summed E-state index contributed by atoms with van der Waals surface area (Å²) in [6.45, 7) is 0.835. The van der Waals surface area contributed by atoms with Crippen LogP contribution in [0.25, 0.3) is 10.9 Å². The van der Waals surface area contributed by atoms with E-state index in [1.807, 2.05) is 0 Å². The van der Waals surface area contributed by atoms with Gasteiger partial charge >= 0.3 is 0 Å². The molecule has 0 aliphatic rings. The summed E-state index contributed by atoms with van der Waals surface area (Å²) in [5, 5.41) is 39.6. The van der Waals surface area contributed by atoms with E-state index in [-0.39, 0.29) is 22.7 Å². The molecular weight excluding hydrogens is 396 g/mol. The molecule has 2 aromatic carbocycles. The van der Waals surface area contributed by atoms with Gasteiger partial charge in [-0.3, -0.25) is 35.3 Å². The Morgan fingerprint density at radius 3 is 2.13 bits per heavy atom. The zero-order chi connectivity index (χ0) is 21.7. The highest BCUT2D eigenvalue weighted by atomic mass is 16.6. The van der Waals surface area contributed by atoms with E-state index in [2.05, 4.69) is 15.6 Å². The van der Waals surface area contributed by atoms with Crippen LogP contribution in [0, 0.1) is 30.3 Å². The van der Waals surface area contributed by atoms with Crippen molar-refractivity contribution in [2.45, 2.75) is 6.42 Å². The van der Waals surface area contributed by atoms with Crippen LogP contribution < -0.4 is 10.6 Å². The van der Waals surface area contributed by atoms with Gasteiger partial charge in [-0.15, -0.1) is 0 Å². The number of anilines is 2. The van der Waals surface area contributed by atoms with Crippen LogP contribution in [0.5, 0.6) is 0 Å². The summed E-state index contributed by atoms with van der Waals surface area (Å²) >= 11 is 0. The molecule has 0 fully saturated rings. The number of pyridine rings is 1. The van der Waals surface area contributed by atoms with E-state index in [0.717, 1.165) is 6.07 Å². The Labute approximate surface area is 169 Å². The predicted molar refractivity (Wildman–Crippen MR) is 110 cm³/mol. The maximum Gasteiger partial charge on any atom is 0.299 e. The molecular formula is C18H16N6O6. The highest BCUT2D eigenvalue weighted by molar-refractivity contribution is 5.96. The van der Waals surface area contributed by atoms with Crippen molar-refractivity contribution in [3.05, 3.63) is 79.0 Å². The molecule has 0 aliphatic carbocycles. The number of nitrogens with zero attached hydrogens (tertiary/aromatic N) is 4. The Morgan fingerprint density at radius 1 is 0.800 bits per heavy atom. The third-order valence-electron chi connectivity index (χ3n) is 4.32. The molecule has 12 heteroatoms. The maximum absolute atomic E-state index is 11.2. The fourth-order valence-corrected chi connectivity index (χ4v) is 2.93. The quantitative estimate of drug-likeness (QED) is 0.301. The van der Waals surface area contributed by atoms with E-state index in [1.165, 1.54) is 18.2 Å². The average molecular weight is 412 g/mol. The monoisotopic (exact) mass is 412 g/mol. The van der Waals surface area contributed by atoms with Gasteiger partial charge in [0, 0.05) is 31.4 Å². The van der Waals surface area contributed by atoms with Gasteiger partial charge in [-0.1, -0.05) is 0 Å². The minimum absolute atomic E-state index is 0.0317. The van der Waals surface area contributed by atoms with Crippen LogP contribution in [0.4, 0.5) is 28.4 Å². The molecule has 1 heterocycles. The van der Waals surface area contributed by atoms with Crippen molar-refractivity contribution >= 4 is 39.3 Å². The van der Waals surface area contributed by atoms with Crippen molar-refractivity contribution in [2.75, 3.05) is 23.7 Å². The van der Waals surface area contributed by atoms with Crippen molar-refractivity contribution in [3.63, 3.8) is 0 Å². The third kappa shape index (κ3) is 4.38. The fourth-order valence-electron chi connectivity index (χ4n) is 2.93. The number of non-ortho nitro benzene ring substituents is 2. The molecule has 0 radical (unpaired) electrons. The molecule has 0 spiro atoms. The Balaban J connectivity index is 1.63. The van der Waals surface area contributed by atoms with E-state index in [4.69, 9.17) is 0 Å². The molecule has 0 aliphatic heterocycles. The first kappa shape index (κ1) is 20.4. The number of nitro groups is 3. The molecule has 0 amide bonds. The first-order chi connectivity index (χ1) is 14.4. The molecule has 12 nitrogen and oxygen atoms in total. The van der Waals surface area contributed by atoms with Crippen molar-refractivity contribution in [1.82, 2.24) is 4.98 Å². The molecule has 0 atom stereocenters. The van der Waals surface area contributed by atoms with Crippen LogP contribution in [0.3, 0.4) is 0 Å². The molecule has 30 heavy (non-hydrogen) atoms. The summed E-state index contributed by atoms with van der Waals surface area (Å²) < 4.78 is 0. The van der Waals surface area contributed by atoms with Crippen molar-refractivity contribution in [3.8, 4) is 0 Å². The topological polar surface area (TPSA) is 166 Å². The lowest BCUT2D eigenvalue weighted by molar-refractivity contribution is -0.393. The zero-order valence-electron chi connectivity index (χ0n) is 15.5. The predicted octanol–water partition coefficient (Wildman–Crippen LogP) is 3.87. The zero-order valence-corrected chi connectivity index (χ0v) is 15.5. The summed E-state index contributed by atoms with van der Waals surface area (Å²) in [7, 11) is 0. The first-order valence-electron chi connectivity index (χ1n) is 8.81. The van der Waals surface area contributed by atoms with Gasteiger partial charge in [0.15, 0.2) is 0 Å². The smallest absolute Gasteiger partial charge is 0.299 e. The lowest BCUT2D eigenvalue weighted by atomic mass is 10.1. The van der Waals surface area contributed by atoms with Gasteiger partial charge in [0.2, 0.25) is 0 Å². The maximum atomic E-state index is 11.2. The summed E-state index contributed by atoms with van der Waals surface area (Å²) in [4.78, 5) is 35.5. The Bertz CT molecular complexity index is 1140. The SMILES string of the molecule is O=[N+]([O-])c1ccc(NCCCNc2ccc([N+](=O)[O-])c3cccnc23)c([N+](=O)[O-])c1. The molecule has 1 aromatic heterocycles. The lowest BCUT2D eigenvalue weighted by Gasteiger charge is -2.10. The number of fused-ring (bicyclic) bond motifs is 1. The van der Waals surface area contributed by atoms with Crippen LogP contribution in [-0.4, -0.2) is 32.8 Å².